The van der Waals surface area contributed by atoms with Crippen LogP contribution in [0.15, 0.2) is 85.3 Å². The third-order valence-electron chi connectivity index (χ3n) is 5.65. The molecule has 8 nitrogen and oxygen atoms in total. The second-order valence-corrected chi connectivity index (χ2v) is 8.63. The van der Waals surface area contributed by atoms with E-state index >= 15 is 0 Å². The molecule has 5 aromatic rings. The fraction of sp³-hybridized carbons (Fsp3) is 0.0345. The Morgan fingerprint density at radius 2 is 1.79 bits per heavy atom. The summed E-state index contributed by atoms with van der Waals surface area (Å²) in [6.07, 6.45) is 4.74. The minimum atomic E-state index is 0.263. The van der Waals surface area contributed by atoms with Crippen molar-refractivity contribution in [1.29, 1.82) is 10.5 Å². The number of benzene rings is 3. The average Bonchev–Trinajstić information content (AvgIpc) is 2.94. The Hall–Kier alpha value is -5.31. The number of rotatable bonds is 7. The van der Waals surface area contributed by atoms with Gasteiger partial charge in [0.2, 0.25) is 0 Å². The van der Waals surface area contributed by atoms with Crippen molar-refractivity contribution >= 4 is 39.6 Å². The number of fused-ring (bicyclic) bond motifs is 1. The first-order chi connectivity index (χ1) is 18.5. The number of aromatic nitrogens is 2. The fourth-order valence-corrected chi connectivity index (χ4v) is 4.04. The van der Waals surface area contributed by atoms with Crippen LogP contribution in [-0.4, -0.2) is 9.97 Å². The number of nitrogen functional groups attached to an aromatic ring is 1. The van der Waals surface area contributed by atoms with Gasteiger partial charge in [-0.15, -0.1) is 0 Å². The number of nitrogens with one attached hydrogen (secondary N) is 1. The number of nitriles is 2. The van der Waals surface area contributed by atoms with Crippen molar-refractivity contribution in [3.8, 4) is 29.4 Å². The zero-order valence-corrected chi connectivity index (χ0v) is 20.6. The van der Waals surface area contributed by atoms with Crippen LogP contribution in [0, 0.1) is 22.7 Å². The highest BCUT2D eigenvalue weighted by molar-refractivity contribution is 6.32. The third kappa shape index (κ3) is 5.26. The molecular weight excluding hydrogens is 500 g/mol. The highest BCUT2D eigenvalue weighted by Crippen LogP contribution is 2.37. The summed E-state index contributed by atoms with van der Waals surface area (Å²) in [6.45, 7) is 0.263. The normalized spacial score (nSPS) is 10.4. The molecule has 0 unspecified atom stereocenters. The number of hydrogen-bond donors (Lipinski definition) is 2. The van der Waals surface area contributed by atoms with Gasteiger partial charge in [-0.05, 0) is 54.1 Å². The maximum absolute atomic E-state index is 9.73. The standard InChI is InChI=1S/C29H19ClN6O2/c30-24-11-21(4-5-27(24)37-17-19-3-1-2-18(10-19)14-31)36-29-20(15-32)16-35-26-13-28(25(33)12-23(26)29)38-22-6-8-34-9-7-22/h1-13,16H,17,33H2,(H,35,36). The molecule has 5 rings (SSSR count). The van der Waals surface area contributed by atoms with Gasteiger partial charge in [0.25, 0.3) is 0 Å². The van der Waals surface area contributed by atoms with Crippen molar-refractivity contribution in [1.82, 2.24) is 9.97 Å². The number of nitrogens with zero attached hydrogens (tertiary/aromatic N) is 4. The van der Waals surface area contributed by atoms with Crippen molar-refractivity contribution in [2.75, 3.05) is 11.1 Å². The molecule has 0 spiro atoms. The van der Waals surface area contributed by atoms with Crippen LogP contribution in [0.3, 0.4) is 0 Å². The number of anilines is 3. The monoisotopic (exact) mass is 518 g/mol. The molecule has 2 heterocycles. The van der Waals surface area contributed by atoms with E-state index in [1.54, 1.807) is 73.1 Å². The Morgan fingerprint density at radius 3 is 2.55 bits per heavy atom. The van der Waals surface area contributed by atoms with Crippen molar-refractivity contribution in [2.24, 2.45) is 0 Å². The highest BCUT2D eigenvalue weighted by atomic mass is 35.5. The zero-order valence-electron chi connectivity index (χ0n) is 19.9. The Morgan fingerprint density at radius 1 is 0.947 bits per heavy atom. The molecule has 0 aliphatic carbocycles. The van der Waals surface area contributed by atoms with Gasteiger partial charge in [-0.2, -0.15) is 10.5 Å². The number of ether oxygens (including phenoxy) is 2. The number of nitrogens with two attached hydrogens (primary N) is 1. The summed E-state index contributed by atoms with van der Waals surface area (Å²) >= 11 is 6.50. The lowest BCUT2D eigenvalue weighted by atomic mass is 10.1. The van der Waals surface area contributed by atoms with E-state index in [2.05, 4.69) is 27.4 Å². The summed E-state index contributed by atoms with van der Waals surface area (Å²) in [5.74, 6) is 1.52. The van der Waals surface area contributed by atoms with E-state index in [1.165, 1.54) is 6.20 Å². The summed E-state index contributed by atoms with van der Waals surface area (Å²) in [6, 6.07) is 23.6. The van der Waals surface area contributed by atoms with Crippen LogP contribution in [0.4, 0.5) is 17.1 Å². The lowest BCUT2D eigenvalue weighted by molar-refractivity contribution is 0.306. The van der Waals surface area contributed by atoms with Crippen LogP contribution in [-0.2, 0) is 6.61 Å². The summed E-state index contributed by atoms with van der Waals surface area (Å²) in [5.41, 5.74) is 10.2. The number of pyridine rings is 2. The van der Waals surface area contributed by atoms with Gasteiger partial charge >= 0.3 is 0 Å². The van der Waals surface area contributed by atoms with Crippen molar-refractivity contribution in [3.05, 3.63) is 107 Å². The molecule has 0 saturated carbocycles. The van der Waals surface area contributed by atoms with Crippen LogP contribution in [0.5, 0.6) is 17.2 Å². The predicted molar refractivity (Wildman–Crippen MR) is 145 cm³/mol. The minimum Gasteiger partial charge on any atom is -0.487 e. The molecular formula is C29H19ClN6O2. The van der Waals surface area contributed by atoms with E-state index in [0.29, 0.717) is 61.4 Å². The number of hydrogen-bond acceptors (Lipinski definition) is 8. The second kappa shape index (κ2) is 10.8. The second-order valence-electron chi connectivity index (χ2n) is 8.22. The Kier molecular flexibility index (Phi) is 6.90. The molecule has 2 aromatic heterocycles. The molecule has 3 aromatic carbocycles. The summed E-state index contributed by atoms with van der Waals surface area (Å²) < 4.78 is 11.7. The SMILES string of the molecule is N#Cc1cccc(COc2ccc(Nc3c(C#N)cnc4cc(Oc5ccncc5)c(N)cc34)cc2Cl)c1. The van der Waals surface area contributed by atoms with Gasteiger partial charge in [0, 0.05) is 35.7 Å². The molecule has 0 aliphatic heterocycles. The van der Waals surface area contributed by atoms with Crippen LogP contribution in [0.25, 0.3) is 10.9 Å². The van der Waals surface area contributed by atoms with E-state index < -0.39 is 0 Å². The van der Waals surface area contributed by atoms with Gasteiger partial charge in [0.1, 0.15) is 24.2 Å². The zero-order chi connectivity index (χ0) is 26.5. The van der Waals surface area contributed by atoms with E-state index in [4.69, 9.17) is 32.1 Å². The van der Waals surface area contributed by atoms with Crippen LogP contribution >= 0.6 is 11.6 Å². The Balaban J connectivity index is 1.41. The van der Waals surface area contributed by atoms with Gasteiger partial charge in [0.05, 0.1) is 39.1 Å². The minimum absolute atomic E-state index is 0.263. The Bertz CT molecular complexity index is 1730. The van der Waals surface area contributed by atoms with Gasteiger partial charge in [0.15, 0.2) is 5.75 Å². The first-order valence-corrected chi connectivity index (χ1v) is 11.8. The molecule has 0 amide bonds. The van der Waals surface area contributed by atoms with Crippen molar-refractivity contribution in [2.45, 2.75) is 6.61 Å². The molecule has 0 bridgehead atoms. The average molecular weight is 519 g/mol. The van der Waals surface area contributed by atoms with Gasteiger partial charge < -0.3 is 20.5 Å². The van der Waals surface area contributed by atoms with Crippen LogP contribution in [0.1, 0.15) is 16.7 Å². The lowest BCUT2D eigenvalue weighted by Gasteiger charge is -2.15. The van der Waals surface area contributed by atoms with Crippen molar-refractivity contribution in [3.63, 3.8) is 0 Å². The molecule has 0 fully saturated rings. The van der Waals surface area contributed by atoms with E-state index in [1.807, 2.05) is 6.07 Å². The lowest BCUT2D eigenvalue weighted by Crippen LogP contribution is -2.00. The molecule has 0 saturated heterocycles. The van der Waals surface area contributed by atoms with Gasteiger partial charge in [-0.25, -0.2) is 0 Å². The van der Waals surface area contributed by atoms with E-state index in [0.717, 1.165) is 5.56 Å². The van der Waals surface area contributed by atoms with Gasteiger partial charge in [-0.1, -0.05) is 23.7 Å². The smallest absolute Gasteiger partial charge is 0.152 e. The molecule has 38 heavy (non-hydrogen) atoms. The fourth-order valence-electron chi connectivity index (χ4n) is 3.81. The maximum Gasteiger partial charge on any atom is 0.152 e. The molecule has 9 heteroatoms. The third-order valence-corrected chi connectivity index (χ3v) is 5.94. The van der Waals surface area contributed by atoms with Gasteiger partial charge in [-0.3, -0.25) is 9.97 Å². The summed E-state index contributed by atoms with van der Waals surface area (Å²) in [7, 11) is 0. The summed E-state index contributed by atoms with van der Waals surface area (Å²) in [5, 5.41) is 23.1. The first kappa shape index (κ1) is 24.4. The summed E-state index contributed by atoms with van der Waals surface area (Å²) in [4.78, 5) is 8.40. The van der Waals surface area contributed by atoms with E-state index in [9.17, 15) is 5.26 Å². The largest absolute Gasteiger partial charge is 0.487 e. The first-order valence-electron chi connectivity index (χ1n) is 11.4. The Labute approximate surface area is 223 Å². The topological polar surface area (TPSA) is 130 Å². The predicted octanol–water partition coefficient (Wildman–Crippen LogP) is 6.72. The molecule has 0 atom stereocenters. The maximum atomic E-state index is 9.73. The molecule has 184 valence electrons. The molecule has 3 N–H and O–H groups in total. The van der Waals surface area contributed by atoms with Crippen LogP contribution in [0.2, 0.25) is 5.02 Å². The molecule has 0 radical (unpaired) electrons. The molecule has 0 aliphatic rings. The quantitative estimate of drug-likeness (QED) is 0.227. The van der Waals surface area contributed by atoms with Crippen molar-refractivity contribution < 1.29 is 9.47 Å². The van der Waals surface area contributed by atoms with E-state index in [-0.39, 0.29) is 6.61 Å². The van der Waals surface area contributed by atoms with Crippen LogP contribution < -0.4 is 20.5 Å². The number of halogens is 1. The highest BCUT2D eigenvalue weighted by Gasteiger charge is 2.14.